The standard InChI is InChI=1S/C11H20ClFN4S/c1-8(4-5-14)15-6-2-3-7-16-10-9(12)18-11(13)17-10/h8,15-16H,2-7,14H2,1H3/t8-/m1/s1. The molecule has 104 valence electrons. The molecule has 0 radical (unpaired) electrons. The quantitative estimate of drug-likeness (QED) is 0.612. The Balaban J connectivity index is 2.04. The molecule has 0 saturated carbocycles. The molecule has 7 heteroatoms. The molecule has 0 spiro atoms. The number of aromatic nitrogens is 1. The fourth-order valence-corrected chi connectivity index (χ4v) is 2.34. The zero-order valence-corrected chi connectivity index (χ0v) is 12.1. The van der Waals surface area contributed by atoms with Crippen molar-refractivity contribution in [2.45, 2.75) is 32.2 Å². The molecule has 0 saturated heterocycles. The topological polar surface area (TPSA) is 63.0 Å². The molecule has 0 bridgehead atoms. The van der Waals surface area contributed by atoms with Crippen molar-refractivity contribution in [3.8, 4) is 0 Å². The predicted octanol–water partition coefficient (Wildman–Crippen LogP) is 2.45. The molecule has 0 amide bonds. The average molecular weight is 295 g/mol. The summed E-state index contributed by atoms with van der Waals surface area (Å²) in [5.41, 5.74) is 5.46. The van der Waals surface area contributed by atoms with Crippen LogP contribution in [-0.4, -0.2) is 30.7 Å². The summed E-state index contributed by atoms with van der Waals surface area (Å²) in [6.45, 7) is 4.55. The highest BCUT2D eigenvalue weighted by atomic mass is 35.5. The summed E-state index contributed by atoms with van der Waals surface area (Å²) in [6.07, 6.45) is 3.02. The van der Waals surface area contributed by atoms with Crippen LogP contribution in [0.2, 0.25) is 4.34 Å². The molecule has 0 aliphatic carbocycles. The Labute approximate surface area is 116 Å². The molecule has 0 unspecified atom stereocenters. The van der Waals surface area contributed by atoms with Crippen LogP contribution in [0.15, 0.2) is 0 Å². The fourth-order valence-electron chi connectivity index (χ4n) is 1.54. The second-order valence-corrected chi connectivity index (χ2v) is 5.71. The molecule has 1 aromatic heterocycles. The van der Waals surface area contributed by atoms with E-state index in [4.69, 9.17) is 17.3 Å². The first kappa shape index (κ1) is 15.6. The van der Waals surface area contributed by atoms with Gasteiger partial charge >= 0.3 is 0 Å². The van der Waals surface area contributed by atoms with Crippen molar-refractivity contribution in [2.24, 2.45) is 5.73 Å². The Morgan fingerprint density at radius 1 is 1.44 bits per heavy atom. The molecule has 0 aromatic carbocycles. The van der Waals surface area contributed by atoms with E-state index in [1.807, 2.05) is 0 Å². The number of unbranched alkanes of at least 4 members (excludes halogenated alkanes) is 1. The summed E-state index contributed by atoms with van der Waals surface area (Å²) < 4.78 is 13.1. The van der Waals surface area contributed by atoms with Crippen LogP contribution in [0.3, 0.4) is 0 Å². The second-order valence-electron chi connectivity index (χ2n) is 4.16. The number of nitrogens with two attached hydrogens (primary N) is 1. The van der Waals surface area contributed by atoms with Gasteiger partial charge in [0, 0.05) is 12.6 Å². The Kier molecular flexibility index (Phi) is 7.50. The van der Waals surface area contributed by atoms with E-state index >= 15 is 0 Å². The summed E-state index contributed by atoms with van der Waals surface area (Å²) in [5, 5.41) is 5.92. The number of nitrogens with one attached hydrogen (secondary N) is 2. The largest absolute Gasteiger partial charge is 0.368 e. The van der Waals surface area contributed by atoms with Crippen LogP contribution in [0.5, 0.6) is 0 Å². The molecule has 1 heterocycles. The van der Waals surface area contributed by atoms with Crippen LogP contribution in [0.1, 0.15) is 26.2 Å². The zero-order chi connectivity index (χ0) is 13.4. The number of nitrogens with zero attached hydrogens (tertiary/aromatic N) is 1. The molecule has 0 aliphatic rings. The monoisotopic (exact) mass is 294 g/mol. The lowest BCUT2D eigenvalue weighted by atomic mass is 10.2. The minimum Gasteiger partial charge on any atom is -0.368 e. The van der Waals surface area contributed by atoms with Crippen LogP contribution in [0.4, 0.5) is 10.2 Å². The molecular weight excluding hydrogens is 275 g/mol. The predicted molar refractivity (Wildman–Crippen MR) is 75.9 cm³/mol. The van der Waals surface area contributed by atoms with E-state index < -0.39 is 5.26 Å². The van der Waals surface area contributed by atoms with E-state index in [9.17, 15) is 4.39 Å². The Hall–Kier alpha value is -0.430. The molecule has 1 rings (SSSR count). The Morgan fingerprint density at radius 2 is 2.17 bits per heavy atom. The summed E-state index contributed by atoms with van der Waals surface area (Å²) in [6, 6.07) is 0.463. The lowest BCUT2D eigenvalue weighted by Gasteiger charge is -2.12. The molecule has 18 heavy (non-hydrogen) atoms. The molecule has 4 nitrogen and oxygen atoms in total. The van der Waals surface area contributed by atoms with Gasteiger partial charge < -0.3 is 16.4 Å². The summed E-state index contributed by atoms with van der Waals surface area (Å²) in [7, 11) is 0. The summed E-state index contributed by atoms with van der Waals surface area (Å²) >= 11 is 6.64. The molecule has 1 atom stereocenters. The third-order valence-corrected chi connectivity index (χ3v) is 3.59. The molecule has 0 fully saturated rings. The normalized spacial score (nSPS) is 12.7. The van der Waals surface area contributed by atoms with E-state index in [-0.39, 0.29) is 0 Å². The third-order valence-electron chi connectivity index (χ3n) is 2.55. The van der Waals surface area contributed by atoms with Crippen LogP contribution in [0.25, 0.3) is 0 Å². The smallest absolute Gasteiger partial charge is 0.272 e. The van der Waals surface area contributed by atoms with Gasteiger partial charge in [-0.15, -0.1) is 0 Å². The van der Waals surface area contributed by atoms with Crippen LogP contribution in [0, 0.1) is 5.26 Å². The molecule has 0 aliphatic heterocycles. The minimum absolute atomic E-state index is 0.377. The number of halogens is 2. The van der Waals surface area contributed by atoms with Gasteiger partial charge in [0.2, 0.25) is 0 Å². The van der Waals surface area contributed by atoms with E-state index in [0.29, 0.717) is 22.7 Å². The first-order valence-electron chi connectivity index (χ1n) is 6.12. The fraction of sp³-hybridized carbons (Fsp3) is 0.727. The summed E-state index contributed by atoms with van der Waals surface area (Å²) in [5.74, 6) is 0.448. The number of rotatable bonds is 9. The minimum atomic E-state index is -0.500. The highest BCUT2D eigenvalue weighted by molar-refractivity contribution is 7.15. The maximum absolute atomic E-state index is 12.7. The molecule has 4 N–H and O–H groups in total. The van der Waals surface area contributed by atoms with E-state index in [1.165, 1.54) is 0 Å². The Bertz CT molecular complexity index is 348. The van der Waals surface area contributed by atoms with Crippen molar-refractivity contribution < 1.29 is 4.39 Å². The van der Waals surface area contributed by atoms with Gasteiger partial charge in [-0.3, -0.25) is 0 Å². The Morgan fingerprint density at radius 3 is 2.78 bits per heavy atom. The van der Waals surface area contributed by atoms with E-state index in [2.05, 4.69) is 22.5 Å². The van der Waals surface area contributed by atoms with Gasteiger partial charge in [0.25, 0.3) is 5.26 Å². The van der Waals surface area contributed by atoms with Gasteiger partial charge in [-0.25, -0.2) is 0 Å². The maximum atomic E-state index is 12.7. The zero-order valence-electron chi connectivity index (χ0n) is 10.5. The SMILES string of the molecule is C[C@H](CCN)NCCCCNc1nc(F)sc1Cl. The van der Waals surface area contributed by atoms with E-state index in [0.717, 1.165) is 43.7 Å². The lowest BCUT2D eigenvalue weighted by Crippen LogP contribution is -2.29. The van der Waals surface area contributed by atoms with Crippen molar-refractivity contribution in [1.29, 1.82) is 0 Å². The van der Waals surface area contributed by atoms with Gasteiger partial charge in [0.05, 0.1) is 0 Å². The number of anilines is 1. The summed E-state index contributed by atoms with van der Waals surface area (Å²) in [4.78, 5) is 3.66. The van der Waals surface area contributed by atoms with Crippen LogP contribution < -0.4 is 16.4 Å². The van der Waals surface area contributed by atoms with Gasteiger partial charge in [-0.2, -0.15) is 9.37 Å². The highest BCUT2D eigenvalue weighted by Gasteiger charge is 2.07. The van der Waals surface area contributed by atoms with Gasteiger partial charge in [-0.05, 0) is 39.3 Å². The number of thiazole rings is 1. The van der Waals surface area contributed by atoms with Crippen molar-refractivity contribution in [2.75, 3.05) is 25.0 Å². The number of hydrogen-bond acceptors (Lipinski definition) is 5. The first-order valence-corrected chi connectivity index (χ1v) is 7.32. The number of hydrogen-bond donors (Lipinski definition) is 3. The van der Waals surface area contributed by atoms with Crippen molar-refractivity contribution in [3.05, 3.63) is 9.60 Å². The van der Waals surface area contributed by atoms with Crippen molar-refractivity contribution >= 4 is 28.8 Å². The van der Waals surface area contributed by atoms with Crippen LogP contribution in [-0.2, 0) is 0 Å². The average Bonchev–Trinajstić information content (AvgIpc) is 2.62. The third kappa shape index (κ3) is 5.95. The van der Waals surface area contributed by atoms with Gasteiger partial charge in [0.1, 0.15) is 4.34 Å². The molecule has 1 aromatic rings. The van der Waals surface area contributed by atoms with Crippen molar-refractivity contribution in [3.63, 3.8) is 0 Å². The second kappa shape index (κ2) is 8.63. The first-order chi connectivity index (χ1) is 8.63. The van der Waals surface area contributed by atoms with Gasteiger partial charge in [0.15, 0.2) is 5.82 Å². The lowest BCUT2D eigenvalue weighted by molar-refractivity contribution is 0.507. The molecular formula is C11H20ClFN4S. The van der Waals surface area contributed by atoms with Crippen LogP contribution >= 0.6 is 22.9 Å². The van der Waals surface area contributed by atoms with E-state index in [1.54, 1.807) is 0 Å². The van der Waals surface area contributed by atoms with Gasteiger partial charge in [-0.1, -0.05) is 22.9 Å². The maximum Gasteiger partial charge on any atom is 0.272 e. The highest BCUT2D eigenvalue weighted by Crippen LogP contribution is 2.27. The van der Waals surface area contributed by atoms with Crippen molar-refractivity contribution in [1.82, 2.24) is 10.3 Å².